The van der Waals surface area contributed by atoms with E-state index in [2.05, 4.69) is 0 Å². The zero-order valence-electron chi connectivity index (χ0n) is 8.37. The summed E-state index contributed by atoms with van der Waals surface area (Å²) in [4.78, 5) is 10.2. The van der Waals surface area contributed by atoms with Crippen molar-refractivity contribution in [2.75, 3.05) is 14.2 Å². The lowest BCUT2D eigenvalue weighted by molar-refractivity contribution is -0.120. The predicted octanol–water partition coefficient (Wildman–Crippen LogP) is 1.55. The van der Waals surface area contributed by atoms with Crippen LogP contribution in [0.25, 0.3) is 0 Å². The number of carbonyl (C=O) groups excluding carboxylic acids is 1. The van der Waals surface area contributed by atoms with Gasteiger partial charge in [-0.3, -0.25) is 4.79 Å². The van der Waals surface area contributed by atoms with E-state index < -0.39 is 0 Å². The molecule has 0 aliphatic heterocycles. The first-order valence-electron chi connectivity index (χ1n) is 4.05. The smallest absolute Gasteiger partial charge is 0.298 e. The Labute approximate surface area is 82.4 Å². The zero-order chi connectivity index (χ0) is 10.6. The molecular weight excluding hydrogens is 184 g/mol. The van der Waals surface area contributed by atoms with Crippen molar-refractivity contribution < 1.29 is 19.0 Å². The van der Waals surface area contributed by atoms with Crippen molar-refractivity contribution in [2.24, 2.45) is 0 Å². The maximum atomic E-state index is 10.2. The van der Waals surface area contributed by atoms with E-state index in [1.165, 1.54) is 7.11 Å². The summed E-state index contributed by atoms with van der Waals surface area (Å²) in [5.41, 5.74) is 0.919. The van der Waals surface area contributed by atoms with E-state index in [1.54, 1.807) is 19.2 Å². The number of hydrogen-bond donors (Lipinski definition) is 0. The third-order valence-electron chi connectivity index (χ3n) is 1.86. The van der Waals surface area contributed by atoms with Gasteiger partial charge in [-0.1, -0.05) is 0 Å². The highest BCUT2D eigenvalue weighted by atomic mass is 16.5. The van der Waals surface area contributed by atoms with Gasteiger partial charge in [0.05, 0.1) is 14.2 Å². The topological polar surface area (TPSA) is 44.8 Å². The van der Waals surface area contributed by atoms with E-state index in [9.17, 15) is 4.79 Å². The third-order valence-corrected chi connectivity index (χ3v) is 1.86. The van der Waals surface area contributed by atoms with E-state index in [-0.39, 0.29) is 0 Å². The molecule has 14 heavy (non-hydrogen) atoms. The molecule has 0 unspecified atom stereocenters. The summed E-state index contributed by atoms with van der Waals surface area (Å²) in [5.74, 6) is 1.52. The van der Waals surface area contributed by atoms with Crippen LogP contribution in [0, 0.1) is 6.92 Å². The largest absolute Gasteiger partial charge is 0.496 e. The lowest BCUT2D eigenvalue weighted by Gasteiger charge is -2.10. The van der Waals surface area contributed by atoms with Gasteiger partial charge in [-0.2, -0.15) is 0 Å². The highest BCUT2D eigenvalue weighted by Crippen LogP contribution is 2.33. The van der Waals surface area contributed by atoms with E-state index in [4.69, 9.17) is 14.2 Å². The summed E-state index contributed by atoms with van der Waals surface area (Å²) in [5, 5.41) is 0. The SMILES string of the molecule is COc1cc(OC=O)c(OC)cc1C. The molecule has 0 fully saturated rings. The molecule has 0 bridgehead atoms. The van der Waals surface area contributed by atoms with E-state index in [0.29, 0.717) is 23.7 Å². The van der Waals surface area contributed by atoms with E-state index in [1.807, 2.05) is 6.92 Å². The highest BCUT2D eigenvalue weighted by Gasteiger charge is 2.09. The molecule has 0 aliphatic rings. The first-order chi connectivity index (χ1) is 6.72. The molecule has 4 heteroatoms. The quantitative estimate of drug-likeness (QED) is 0.685. The zero-order valence-corrected chi connectivity index (χ0v) is 8.37. The van der Waals surface area contributed by atoms with Gasteiger partial charge < -0.3 is 14.2 Å². The summed E-state index contributed by atoms with van der Waals surface area (Å²) in [6.45, 7) is 2.23. The maximum absolute atomic E-state index is 10.2. The minimum atomic E-state index is 0.352. The second kappa shape index (κ2) is 4.50. The van der Waals surface area contributed by atoms with Crippen LogP contribution < -0.4 is 14.2 Å². The fourth-order valence-corrected chi connectivity index (χ4v) is 1.17. The van der Waals surface area contributed by atoms with Crippen LogP contribution in [0.3, 0.4) is 0 Å². The molecule has 0 radical (unpaired) electrons. The van der Waals surface area contributed by atoms with Gasteiger partial charge in [-0.25, -0.2) is 0 Å². The Kier molecular flexibility index (Phi) is 3.34. The Morgan fingerprint density at radius 1 is 1.07 bits per heavy atom. The van der Waals surface area contributed by atoms with Gasteiger partial charge in [0.2, 0.25) is 0 Å². The molecular formula is C10H12O4. The molecule has 0 atom stereocenters. The second-order valence-electron chi connectivity index (χ2n) is 2.69. The van der Waals surface area contributed by atoms with Crippen LogP contribution in [-0.2, 0) is 4.79 Å². The maximum Gasteiger partial charge on any atom is 0.298 e. The average molecular weight is 196 g/mol. The third kappa shape index (κ3) is 1.96. The van der Waals surface area contributed by atoms with Crippen LogP contribution >= 0.6 is 0 Å². The molecule has 0 saturated heterocycles. The van der Waals surface area contributed by atoms with Gasteiger partial charge in [0.15, 0.2) is 11.5 Å². The van der Waals surface area contributed by atoms with Crippen LogP contribution in [0.2, 0.25) is 0 Å². The number of benzene rings is 1. The van der Waals surface area contributed by atoms with Crippen LogP contribution in [-0.4, -0.2) is 20.7 Å². The fraction of sp³-hybridized carbons (Fsp3) is 0.300. The first-order valence-corrected chi connectivity index (χ1v) is 4.05. The Hall–Kier alpha value is -1.71. The van der Waals surface area contributed by atoms with Crippen molar-refractivity contribution in [1.82, 2.24) is 0 Å². The lowest BCUT2D eigenvalue weighted by Crippen LogP contribution is -1.96. The number of rotatable bonds is 4. The number of carbonyl (C=O) groups is 1. The molecule has 0 amide bonds. The molecule has 1 aromatic rings. The number of ether oxygens (including phenoxy) is 3. The van der Waals surface area contributed by atoms with Crippen LogP contribution in [0.4, 0.5) is 0 Å². The van der Waals surface area contributed by atoms with Crippen molar-refractivity contribution in [2.45, 2.75) is 6.92 Å². The Morgan fingerprint density at radius 2 is 1.71 bits per heavy atom. The van der Waals surface area contributed by atoms with Gasteiger partial charge in [0.25, 0.3) is 6.47 Å². The summed E-state index contributed by atoms with van der Waals surface area (Å²) >= 11 is 0. The molecule has 76 valence electrons. The Bertz CT molecular complexity index is 333. The minimum Gasteiger partial charge on any atom is -0.496 e. The van der Waals surface area contributed by atoms with E-state index >= 15 is 0 Å². The molecule has 1 rings (SSSR count). The van der Waals surface area contributed by atoms with Crippen molar-refractivity contribution in [3.05, 3.63) is 17.7 Å². The molecule has 0 saturated carbocycles. The van der Waals surface area contributed by atoms with E-state index in [0.717, 1.165) is 5.56 Å². The normalized spacial score (nSPS) is 9.36. The Balaban J connectivity index is 3.17. The van der Waals surface area contributed by atoms with Crippen LogP contribution in [0.5, 0.6) is 17.2 Å². The highest BCUT2D eigenvalue weighted by molar-refractivity contribution is 5.55. The van der Waals surface area contributed by atoms with Crippen molar-refractivity contribution in [3.63, 3.8) is 0 Å². The lowest BCUT2D eigenvalue weighted by atomic mass is 10.2. The Morgan fingerprint density at radius 3 is 2.21 bits per heavy atom. The monoisotopic (exact) mass is 196 g/mol. The standard InChI is InChI=1S/C10H12O4/c1-7-4-9(13-3)10(14-6-11)5-8(7)12-2/h4-6H,1-3H3. The number of aryl methyl sites for hydroxylation is 1. The van der Waals surface area contributed by atoms with Gasteiger partial charge in [0, 0.05) is 6.07 Å². The average Bonchev–Trinajstić information content (AvgIpc) is 2.20. The van der Waals surface area contributed by atoms with Gasteiger partial charge in [-0.15, -0.1) is 0 Å². The summed E-state index contributed by atoms with van der Waals surface area (Å²) in [7, 11) is 3.07. The summed E-state index contributed by atoms with van der Waals surface area (Å²) in [6, 6.07) is 3.36. The first kappa shape index (κ1) is 10.4. The van der Waals surface area contributed by atoms with Crippen molar-refractivity contribution in [1.29, 1.82) is 0 Å². The number of hydrogen-bond acceptors (Lipinski definition) is 4. The molecule has 0 heterocycles. The fourth-order valence-electron chi connectivity index (χ4n) is 1.17. The molecule has 0 aliphatic carbocycles. The summed E-state index contributed by atoms with van der Waals surface area (Å²) in [6.07, 6.45) is 0. The van der Waals surface area contributed by atoms with Gasteiger partial charge in [0.1, 0.15) is 5.75 Å². The van der Waals surface area contributed by atoms with Crippen LogP contribution in [0.1, 0.15) is 5.56 Å². The van der Waals surface area contributed by atoms with Crippen LogP contribution in [0.15, 0.2) is 12.1 Å². The predicted molar refractivity (Wildman–Crippen MR) is 51.0 cm³/mol. The molecule has 4 nitrogen and oxygen atoms in total. The van der Waals surface area contributed by atoms with Gasteiger partial charge in [-0.05, 0) is 18.6 Å². The molecule has 1 aromatic carbocycles. The molecule has 0 aromatic heterocycles. The molecule has 0 spiro atoms. The summed E-state index contributed by atoms with van der Waals surface area (Å²) < 4.78 is 14.9. The van der Waals surface area contributed by atoms with Crippen molar-refractivity contribution >= 4 is 6.47 Å². The molecule has 0 N–H and O–H groups in total. The number of methoxy groups -OCH3 is 2. The van der Waals surface area contributed by atoms with Crippen molar-refractivity contribution in [3.8, 4) is 17.2 Å². The van der Waals surface area contributed by atoms with Gasteiger partial charge >= 0.3 is 0 Å². The minimum absolute atomic E-state index is 0.352. The second-order valence-corrected chi connectivity index (χ2v) is 2.69.